The van der Waals surface area contributed by atoms with Crippen LogP contribution in [0.2, 0.25) is 0 Å². The van der Waals surface area contributed by atoms with Crippen LogP contribution in [0.15, 0.2) is 36.5 Å². The second-order valence-electron chi connectivity index (χ2n) is 7.73. The van der Waals surface area contributed by atoms with Gasteiger partial charge in [0.15, 0.2) is 5.82 Å². The molecule has 3 heterocycles. The van der Waals surface area contributed by atoms with Crippen LogP contribution in [0.1, 0.15) is 17.5 Å². The number of carbonyl (C=O) groups excluding carboxylic acids is 1. The van der Waals surface area contributed by atoms with Gasteiger partial charge in [-0.25, -0.2) is 0 Å². The molecule has 154 valence electrons. The Hall–Kier alpha value is -2.67. The number of aromatic nitrogens is 2. The molecule has 1 amide bonds. The normalized spacial score (nSPS) is 17.5. The van der Waals surface area contributed by atoms with Crippen molar-refractivity contribution < 1.29 is 9.53 Å². The maximum atomic E-state index is 12.6. The molecule has 0 spiro atoms. The first-order chi connectivity index (χ1) is 14.2. The number of hydrogen-bond acceptors (Lipinski definition) is 6. The highest BCUT2D eigenvalue weighted by Crippen LogP contribution is 2.21. The predicted octanol–water partition coefficient (Wildman–Crippen LogP) is 1.90. The Balaban J connectivity index is 1.29. The van der Waals surface area contributed by atoms with E-state index in [0.717, 1.165) is 70.4 Å². The summed E-state index contributed by atoms with van der Waals surface area (Å²) in [7, 11) is 0. The summed E-state index contributed by atoms with van der Waals surface area (Å²) in [6, 6.07) is 10.5. The first kappa shape index (κ1) is 19.6. The van der Waals surface area contributed by atoms with Gasteiger partial charge in [-0.2, -0.15) is 5.10 Å². The lowest BCUT2D eigenvalue weighted by atomic mass is 10.1. The van der Waals surface area contributed by atoms with Crippen molar-refractivity contribution in [3.8, 4) is 0 Å². The van der Waals surface area contributed by atoms with Gasteiger partial charge in [-0.3, -0.25) is 4.79 Å². The molecule has 1 aromatic carbocycles. The van der Waals surface area contributed by atoms with Crippen LogP contribution in [0, 0.1) is 6.92 Å². The van der Waals surface area contributed by atoms with Gasteiger partial charge in [-0.1, -0.05) is 29.8 Å². The van der Waals surface area contributed by atoms with E-state index >= 15 is 0 Å². The number of aryl methyl sites for hydroxylation is 2. The Morgan fingerprint density at radius 3 is 2.59 bits per heavy atom. The summed E-state index contributed by atoms with van der Waals surface area (Å²) < 4.78 is 5.43. The van der Waals surface area contributed by atoms with Gasteiger partial charge in [0.05, 0.1) is 25.1 Å². The fourth-order valence-corrected chi connectivity index (χ4v) is 3.96. The van der Waals surface area contributed by atoms with Gasteiger partial charge < -0.3 is 19.4 Å². The van der Waals surface area contributed by atoms with E-state index in [-0.39, 0.29) is 5.91 Å². The van der Waals surface area contributed by atoms with Crippen LogP contribution in [0.5, 0.6) is 0 Å². The number of benzene rings is 1. The number of carbonyl (C=O) groups is 1. The summed E-state index contributed by atoms with van der Waals surface area (Å²) in [5, 5.41) is 8.53. The molecule has 0 atom stereocenters. The van der Waals surface area contributed by atoms with E-state index in [0.29, 0.717) is 6.42 Å². The summed E-state index contributed by atoms with van der Waals surface area (Å²) >= 11 is 0. The topological polar surface area (TPSA) is 61.8 Å². The van der Waals surface area contributed by atoms with Crippen molar-refractivity contribution in [3.05, 3.63) is 47.7 Å². The summed E-state index contributed by atoms with van der Waals surface area (Å²) in [5.74, 6) is 1.13. The second kappa shape index (κ2) is 9.22. The number of rotatable bonds is 5. The molecule has 0 radical (unpaired) electrons. The third-order valence-corrected chi connectivity index (χ3v) is 5.67. The van der Waals surface area contributed by atoms with Gasteiger partial charge >= 0.3 is 0 Å². The molecule has 2 saturated heterocycles. The van der Waals surface area contributed by atoms with Gasteiger partial charge in [0.1, 0.15) is 0 Å². The Bertz CT molecular complexity index is 829. The van der Waals surface area contributed by atoms with Crippen LogP contribution in [0.4, 0.5) is 11.5 Å². The first-order valence-electron chi connectivity index (χ1n) is 10.4. The quantitative estimate of drug-likeness (QED) is 0.771. The van der Waals surface area contributed by atoms with Crippen molar-refractivity contribution in [2.24, 2.45) is 0 Å². The number of anilines is 2. The monoisotopic (exact) mass is 395 g/mol. The van der Waals surface area contributed by atoms with E-state index in [1.807, 2.05) is 11.1 Å². The van der Waals surface area contributed by atoms with Crippen molar-refractivity contribution in [2.75, 3.05) is 62.3 Å². The number of morpholine rings is 1. The number of nitrogens with zero attached hydrogens (tertiary/aromatic N) is 5. The van der Waals surface area contributed by atoms with Crippen molar-refractivity contribution in [3.63, 3.8) is 0 Å². The zero-order valence-corrected chi connectivity index (χ0v) is 17.1. The Kier molecular flexibility index (Phi) is 6.24. The maximum Gasteiger partial charge on any atom is 0.223 e. The lowest BCUT2D eigenvalue weighted by Gasteiger charge is -2.36. The van der Waals surface area contributed by atoms with E-state index in [1.54, 1.807) is 0 Å². The third kappa shape index (κ3) is 5.03. The number of hydrogen-bond donors (Lipinski definition) is 0. The molecule has 2 aromatic rings. The van der Waals surface area contributed by atoms with Crippen molar-refractivity contribution in [2.45, 2.75) is 19.8 Å². The molecule has 29 heavy (non-hydrogen) atoms. The van der Waals surface area contributed by atoms with Crippen LogP contribution in [0.25, 0.3) is 0 Å². The molecule has 4 rings (SSSR count). The smallest absolute Gasteiger partial charge is 0.223 e. The van der Waals surface area contributed by atoms with E-state index in [4.69, 9.17) is 4.74 Å². The van der Waals surface area contributed by atoms with Crippen molar-refractivity contribution in [1.82, 2.24) is 15.1 Å². The molecule has 7 heteroatoms. The molecule has 0 N–H and O–H groups in total. The average molecular weight is 396 g/mol. The molecule has 0 saturated carbocycles. The van der Waals surface area contributed by atoms with Crippen LogP contribution in [0.3, 0.4) is 0 Å². The summed E-state index contributed by atoms with van der Waals surface area (Å²) in [4.78, 5) is 19.1. The molecule has 1 aromatic heterocycles. The summed E-state index contributed by atoms with van der Waals surface area (Å²) in [6.45, 7) is 8.40. The highest BCUT2D eigenvalue weighted by Gasteiger charge is 2.23. The molecule has 0 unspecified atom stereocenters. The van der Waals surface area contributed by atoms with Crippen LogP contribution >= 0.6 is 0 Å². The van der Waals surface area contributed by atoms with Crippen LogP contribution < -0.4 is 9.80 Å². The van der Waals surface area contributed by atoms with Gasteiger partial charge in [-0.05, 0) is 18.9 Å². The summed E-state index contributed by atoms with van der Waals surface area (Å²) in [5.41, 5.74) is 3.56. The largest absolute Gasteiger partial charge is 0.378 e. The Morgan fingerprint density at radius 1 is 1.03 bits per heavy atom. The number of ether oxygens (including phenoxy) is 1. The van der Waals surface area contributed by atoms with Gasteiger partial charge in [-0.15, -0.1) is 5.10 Å². The fraction of sp³-hybridized carbons (Fsp3) is 0.500. The molecule has 0 bridgehead atoms. The van der Waals surface area contributed by atoms with Gasteiger partial charge in [0.2, 0.25) is 5.91 Å². The standard InChI is InChI=1S/C22H29N5O2/c1-18-3-2-4-19(15-18)5-6-22(28)27-9-7-26(8-10-27)21-16-20(17-23-24-21)25-11-13-29-14-12-25/h2-4,15-17H,5-14H2,1H3. The molecule has 7 nitrogen and oxygen atoms in total. The van der Waals surface area contributed by atoms with E-state index in [1.165, 1.54) is 11.1 Å². The first-order valence-corrected chi connectivity index (χ1v) is 10.4. The number of piperazine rings is 1. The Morgan fingerprint density at radius 2 is 1.83 bits per heavy atom. The highest BCUT2D eigenvalue weighted by molar-refractivity contribution is 5.76. The lowest BCUT2D eigenvalue weighted by molar-refractivity contribution is -0.131. The molecule has 2 aliphatic rings. The fourth-order valence-electron chi connectivity index (χ4n) is 3.96. The predicted molar refractivity (Wildman–Crippen MR) is 113 cm³/mol. The van der Waals surface area contributed by atoms with Gasteiger partial charge in [0.25, 0.3) is 0 Å². The number of amides is 1. The lowest BCUT2D eigenvalue weighted by Crippen LogP contribution is -2.49. The molecular formula is C22H29N5O2. The van der Waals surface area contributed by atoms with E-state index in [2.05, 4.69) is 57.3 Å². The summed E-state index contributed by atoms with van der Waals surface area (Å²) in [6.07, 6.45) is 3.18. The second-order valence-corrected chi connectivity index (χ2v) is 7.73. The maximum absolute atomic E-state index is 12.6. The Labute approximate surface area is 172 Å². The van der Waals surface area contributed by atoms with E-state index < -0.39 is 0 Å². The SMILES string of the molecule is Cc1cccc(CCC(=O)N2CCN(c3cc(N4CCOCC4)cnn3)CC2)c1. The minimum absolute atomic E-state index is 0.235. The zero-order chi connectivity index (χ0) is 20.1. The minimum Gasteiger partial charge on any atom is -0.378 e. The molecule has 2 fully saturated rings. The van der Waals surface area contributed by atoms with E-state index in [9.17, 15) is 4.79 Å². The molecule has 0 aliphatic carbocycles. The van der Waals surface area contributed by atoms with Crippen molar-refractivity contribution >= 4 is 17.4 Å². The highest BCUT2D eigenvalue weighted by atomic mass is 16.5. The molecule has 2 aliphatic heterocycles. The van der Waals surface area contributed by atoms with Crippen LogP contribution in [-0.4, -0.2) is 73.5 Å². The minimum atomic E-state index is 0.235. The van der Waals surface area contributed by atoms with Gasteiger partial charge in [0, 0.05) is 51.8 Å². The molecular weight excluding hydrogens is 366 g/mol. The van der Waals surface area contributed by atoms with Crippen LogP contribution in [-0.2, 0) is 16.0 Å². The zero-order valence-electron chi connectivity index (χ0n) is 17.1. The van der Waals surface area contributed by atoms with Crippen molar-refractivity contribution in [1.29, 1.82) is 0 Å². The third-order valence-electron chi connectivity index (χ3n) is 5.67. The average Bonchev–Trinajstić information content (AvgIpc) is 2.78.